The van der Waals surface area contributed by atoms with E-state index in [0.717, 1.165) is 16.6 Å². The van der Waals surface area contributed by atoms with Crippen LogP contribution in [0.15, 0.2) is 63.9 Å². The summed E-state index contributed by atoms with van der Waals surface area (Å²) in [6.07, 6.45) is 0. The predicted octanol–water partition coefficient (Wildman–Crippen LogP) is 5.25. The minimum Gasteiger partial charge on any atom is -0.496 e. The summed E-state index contributed by atoms with van der Waals surface area (Å²) in [6, 6.07) is 13.8. The summed E-state index contributed by atoms with van der Waals surface area (Å²) in [5.74, 6) is 1.25. The molecule has 3 aromatic heterocycles. The number of nitrogens with zero attached hydrogens (tertiary/aromatic N) is 4. The second kappa shape index (κ2) is 8.57. The molecule has 0 aliphatic rings. The van der Waals surface area contributed by atoms with Crippen molar-refractivity contribution in [3.63, 3.8) is 0 Å². The van der Waals surface area contributed by atoms with Crippen molar-refractivity contribution >= 4 is 50.7 Å². The number of methoxy groups -OCH3 is 1. The number of thioether (sulfide) groups is 1. The molecule has 0 radical (unpaired) electrons. The first-order valence-electron chi connectivity index (χ1n) is 9.60. The molecular weight excluding hydrogens is 471 g/mol. The van der Waals surface area contributed by atoms with Gasteiger partial charge in [-0.1, -0.05) is 47.6 Å². The molecule has 162 valence electrons. The van der Waals surface area contributed by atoms with Crippen LogP contribution >= 0.6 is 34.7 Å². The zero-order valence-corrected chi connectivity index (χ0v) is 19.2. The van der Waals surface area contributed by atoms with Crippen LogP contribution in [0.2, 0.25) is 5.02 Å². The molecule has 0 bridgehead atoms. The summed E-state index contributed by atoms with van der Waals surface area (Å²) < 4.78 is 22.9. The van der Waals surface area contributed by atoms with E-state index in [1.807, 2.05) is 40.1 Å². The Labute approximate surface area is 195 Å². The van der Waals surface area contributed by atoms with Crippen LogP contribution in [-0.2, 0) is 12.3 Å². The highest BCUT2D eigenvalue weighted by Crippen LogP contribution is 2.29. The number of ether oxygens (including phenoxy) is 1. The molecule has 0 unspecified atom stereocenters. The van der Waals surface area contributed by atoms with Crippen LogP contribution in [-0.4, -0.2) is 26.3 Å². The number of para-hydroxylation sites is 1. The highest BCUT2D eigenvalue weighted by atomic mass is 35.5. The van der Waals surface area contributed by atoms with Crippen molar-refractivity contribution in [2.45, 2.75) is 17.5 Å². The smallest absolute Gasteiger partial charge is 0.273 e. The van der Waals surface area contributed by atoms with Crippen LogP contribution in [0, 0.1) is 5.82 Å². The molecule has 0 atom stereocenters. The standard InChI is InChI=1S/C22H16ClFN4O2S2/c1-30-18-5-3-2-4-13(18)11-27-20(29)19-17(8-9-31-19)28-21(27)25-26-22(28)32-12-14-6-7-15(24)10-16(14)23/h2-10H,11-12H2,1H3. The quantitative estimate of drug-likeness (QED) is 0.307. The van der Waals surface area contributed by atoms with Crippen molar-refractivity contribution in [1.29, 1.82) is 0 Å². The largest absolute Gasteiger partial charge is 0.496 e. The van der Waals surface area contributed by atoms with Gasteiger partial charge in [-0.05, 0) is 35.2 Å². The average molecular weight is 487 g/mol. The molecule has 0 amide bonds. The Morgan fingerprint density at radius 3 is 2.81 bits per heavy atom. The number of fused-ring (bicyclic) bond motifs is 3. The van der Waals surface area contributed by atoms with E-state index in [-0.39, 0.29) is 11.4 Å². The first kappa shape index (κ1) is 21.0. The van der Waals surface area contributed by atoms with Crippen LogP contribution in [0.25, 0.3) is 16.0 Å². The minimum atomic E-state index is -0.378. The van der Waals surface area contributed by atoms with Crippen molar-refractivity contribution in [3.8, 4) is 5.75 Å². The molecule has 5 rings (SSSR count). The van der Waals surface area contributed by atoms with E-state index in [2.05, 4.69) is 10.2 Å². The van der Waals surface area contributed by atoms with Gasteiger partial charge in [0.25, 0.3) is 5.56 Å². The van der Waals surface area contributed by atoms with E-state index >= 15 is 0 Å². The van der Waals surface area contributed by atoms with Crippen molar-refractivity contribution in [2.24, 2.45) is 0 Å². The van der Waals surface area contributed by atoms with Gasteiger partial charge >= 0.3 is 0 Å². The van der Waals surface area contributed by atoms with Crippen LogP contribution < -0.4 is 10.3 Å². The molecule has 0 aliphatic heterocycles. The topological polar surface area (TPSA) is 61.4 Å². The molecule has 0 saturated carbocycles. The normalized spacial score (nSPS) is 11.5. The molecule has 0 saturated heterocycles. The SMILES string of the molecule is COc1ccccc1Cn1c(=O)c2sccc2n2c(SCc3ccc(F)cc3Cl)nnc12. The van der Waals surface area contributed by atoms with Crippen LogP contribution in [0.5, 0.6) is 5.75 Å². The average Bonchev–Trinajstić information content (AvgIpc) is 3.43. The summed E-state index contributed by atoms with van der Waals surface area (Å²) >= 11 is 8.98. The molecule has 0 aliphatic carbocycles. The van der Waals surface area contributed by atoms with E-state index < -0.39 is 0 Å². The molecule has 2 aromatic carbocycles. The number of thiophene rings is 1. The molecular formula is C22H16ClFN4O2S2. The number of hydrogen-bond donors (Lipinski definition) is 0. The lowest BCUT2D eigenvalue weighted by molar-refractivity contribution is 0.408. The Hall–Kier alpha value is -2.88. The number of aromatic nitrogens is 4. The van der Waals surface area contributed by atoms with Gasteiger partial charge in [0.15, 0.2) is 5.16 Å². The number of halogens is 2. The number of rotatable bonds is 6. The van der Waals surface area contributed by atoms with Gasteiger partial charge in [0.1, 0.15) is 16.3 Å². The third kappa shape index (κ3) is 3.66. The van der Waals surface area contributed by atoms with E-state index in [1.165, 1.54) is 35.2 Å². The number of hydrogen-bond acceptors (Lipinski definition) is 6. The maximum atomic E-state index is 13.4. The fourth-order valence-corrected chi connectivity index (χ4v) is 5.60. The lowest BCUT2D eigenvalue weighted by Gasteiger charge is -2.12. The number of benzene rings is 2. The minimum absolute atomic E-state index is 0.126. The Bertz CT molecular complexity index is 1510. The first-order valence-corrected chi connectivity index (χ1v) is 11.8. The molecule has 32 heavy (non-hydrogen) atoms. The fourth-order valence-electron chi connectivity index (χ4n) is 3.52. The fraction of sp³-hybridized carbons (Fsp3) is 0.136. The van der Waals surface area contributed by atoms with Gasteiger partial charge in [-0.15, -0.1) is 21.5 Å². The van der Waals surface area contributed by atoms with Crippen LogP contribution in [0.3, 0.4) is 0 Å². The Morgan fingerprint density at radius 2 is 2.00 bits per heavy atom. The third-order valence-electron chi connectivity index (χ3n) is 5.08. The summed E-state index contributed by atoms with van der Waals surface area (Å²) in [4.78, 5) is 13.3. The maximum Gasteiger partial charge on any atom is 0.273 e. The van der Waals surface area contributed by atoms with Gasteiger partial charge in [0.2, 0.25) is 5.78 Å². The van der Waals surface area contributed by atoms with Gasteiger partial charge < -0.3 is 4.74 Å². The van der Waals surface area contributed by atoms with Gasteiger partial charge in [0.05, 0.1) is 19.2 Å². The van der Waals surface area contributed by atoms with Gasteiger partial charge in [-0.2, -0.15) is 0 Å². The third-order valence-corrected chi connectivity index (χ3v) is 7.30. The van der Waals surface area contributed by atoms with E-state index in [1.54, 1.807) is 17.7 Å². The van der Waals surface area contributed by atoms with E-state index in [0.29, 0.717) is 38.7 Å². The first-order chi connectivity index (χ1) is 15.6. The lowest BCUT2D eigenvalue weighted by atomic mass is 10.2. The van der Waals surface area contributed by atoms with Gasteiger partial charge in [-0.25, -0.2) is 4.39 Å². The van der Waals surface area contributed by atoms with Crippen molar-refractivity contribution in [2.75, 3.05) is 7.11 Å². The maximum absolute atomic E-state index is 13.4. The molecule has 5 aromatic rings. The van der Waals surface area contributed by atoms with Crippen LogP contribution in [0.4, 0.5) is 4.39 Å². The monoisotopic (exact) mass is 486 g/mol. The van der Waals surface area contributed by atoms with Crippen molar-refractivity contribution in [1.82, 2.24) is 19.2 Å². The molecule has 6 nitrogen and oxygen atoms in total. The van der Waals surface area contributed by atoms with Gasteiger partial charge in [0, 0.05) is 16.3 Å². The summed E-state index contributed by atoms with van der Waals surface area (Å²) in [5.41, 5.74) is 2.28. The molecule has 0 fully saturated rings. The Kier molecular flexibility index (Phi) is 5.62. The summed E-state index contributed by atoms with van der Waals surface area (Å²) in [6.45, 7) is 0.298. The summed E-state index contributed by atoms with van der Waals surface area (Å²) in [7, 11) is 1.60. The molecule has 3 heterocycles. The summed E-state index contributed by atoms with van der Waals surface area (Å²) in [5, 5.41) is 11.5. The van der Waals surface area contributed by atoms with Crippen LogP contribution in [0.1, 0.15) is 11.1 Å². The second-order valence-electron chi connectivity index (χ2n) is 6.98. The van der Waals surface area contributed by atoms with E-state index in [9.17, 15) is 9.18 Å². The molecule has 0 spiro atoms. The molecule has 10 heteroatoms. The molecule has 0 N–H and O–H groups in total. The predicted molar refractivity (Wildman–Crippen MR) is 126 cm³/mol. The second-order valence-corrected chi connectivity index (χ2v) is 9.25. The van der Waals surface area contributed by atoms with Gasteiger partial charge in [-0.3, -0.25) is 13.8 Å². The highest BCUT2D eigenvalue weighted by Gasteiger charge is 2.19. The zero-order valence-electron chi connectivity index (χ0n) is 16.8. The Morgan fingerprint density at radius 1 is 1.16 bits per heavy atom. The van der Waals surface area contributed by atoms with Crippen molar-refractivity contribution < 1.29 is 9.13 Å². The van der Waals surface area contributed by atoms with Crippen molar-refractivity contribution in [3.05, 3.63) is 86.2 Å². The lowest BCUT2D eigenvalue weighted by Crippen LogP contribution is -2.23. The zero-order chi connectivity index (χ0) is 22.2. The Balaban J connectivity index is 1.60. The highest BCUT2D eigenvalue weighted by molar-refractivity contribution is 7.98. The van der Waals surface area contributed by atoms with E-state index in [4.69, 9.17) is 16.3 Å².